The van der Waals surface area contributed by atoms with Crippen molar-refractivity contribution in [3.63, 3.8) is 0 Å². The fourth-order valence-corrected chi connectivity index (χ4v) is 2.59. The maximum atomic E-state index is 9.56. The molecule has 114 valence electrons. The molecule has 0 aliphatic carbocycles. The molecule has 2 aromatic carbocycles. The third kappa shape index (κ3) is 3.86. The molecule has 1 aliphatic rings. The number of piperidine rings is 1. The summed E-state index contributed by atoms with van der Waals surface area (Å²) in [5, 5.41) is 13.8. The Morgan fingerprint density at radius 1 is 1.00 bits per heavy atom. The molecule has 0 spiro atoms. The van der Waals surface area contributed by atoms with E-state index in [0.717, 1.165) is 37.2 Å². The third-order valence-electron chi connectivity index (χ3n) is 3.90. The van der Waals surface area contributed by atoms with Crippen LogP contribution in [-0.4, -0.2) is 30.5 Å². The highest BCUT2D eigenvalue weighted by Gasteiger charge is 2.16. The van der Waals surface area contributed by atoms with Gasteiger partial charge in [-0.2, -0.15) is 5.10 Å². The minimum atomic E-state index is -0.133. The number of aliphatic hydroxyl groups excluding tert-OH is 1. The largest absolute Gasteiger partial charge is 0.393 e. The van der Waals surface area contributed by atoms with Crippen molar-refractivity contribution in [3.8, 4) is 0 Å². The monoisotopic (exact) mass is 295 g/mol. The molecule has 22 heavy (non-hydrogen) atoms. The van der Waals surface area contributed by atoms with Crippen molar-refractivity contribution >= 4 is 17.6 Å². The Morgan fingerprint density at radius 2 is 1.68 bits per heavy atom. The summed E-state index contributed by atoms with van der Waals surface area (Å²) < 4.78 is 0. The van der Waals surface area contributed by atoms with Crippen molar-refractivity contribution in [3.05, 3.63) is 60.2 Å². The summed E-state index contributed by atoms with van der Waals surface area (Å²) in [6, 6.07) is 18.2. The lowest BCUT2D eigenvalue weighted by Crippen LogP contribution is -2.35. The Kier molecular flexibility index (Phi) is 4.71. The number of para-hydroxylation sites is 1. The van der Waals surface area contributed by atoms with Gasteiger partial charge in [-0.1, -0.05) is 30.3 Å². The van der Waals surface area contributed by atoms with Gasteiger partial charge in [-0.15, -0.1) is 0 Å². The van der Waals surface area contributed by atoms with Crippen LogP contribution in [-0.2, 0) is 0 Å². The third-order valence-corrected chi connectivity index (χ3v) is 3.90. The number of anilines is 2. The molecule has 0 radical (unpaired) electrons. The van der Waals surface area contributed by atoms with Gasteiger partial charge in [0.25, 0.3) is 0 Å². The van der Waals surface area contributed by atoms with Crippen LogP contribution in [0.15, 0.2) is 59.7 Å². The van der Waals surface area contributed by atoms with Gasteiger partial charge in [0, 0.05) is 18.8 Å². The lowest BCUT2D eigenvalue weighted by Gasteiger charge is -2.31. The van der Waals surface area contributed by atoms with Crippen molar-refractivity contribution in [1.29, 1.82) is 0 Å². The van der Waals surface area contributed by atoms with Crippen LogP contribution in [0.2, 0.25) is 0 Å². The molecule has 2 aromatic rings. The summed E-state index contributed by atoms with van der Waals surface area (Å²) in [6.45, 7) is 1.84. The molecule has 0 aromatic heterocycles. The average Bonchev–Trinajstić information content (AvgIpc) is 2.57. The molecular formula is C18H21N3O. The van der Waals surface area contributed by atoms with Crippen LogP contribution in [0.5, 0.6) is 0 Å². The molecule has 0 bridgehead atoms. The number of benzene rings is 2. The zero-order valence-corrected chi connectivity index (χ0v) is 12.5. The van der Waals surface area contributed by atoms with Gasteiger partial charge in [-0.3, -0.25) is 5.43 Å². The smallest absolute Gasteiger partial charge is 0.0574 e. The normalized spacial score (nSPS) is 16.1. The Bertz CT molecular complexity index is 602. The maximum Gasteiger partial charge on any atom is 0.0574 e. The van der Waals surface area contributed by atoms with Crippen LogP contribution in [0.25, 0.3) is 0 Å². The molecule has 0 amide bonds. The van der Waals surface area contributed by atoms with E-state index in [9.17, 15) is 5.11 Å². The minimum Gasteiger partial charge on any atom is -0.393 e. The van der Waals surface area contributed by atoms with Gasteiger partial charge in [-0.05, 0) is 42.7 Å². The lowest BCUT2D eigenvalue weighted by atomic mass is 10.1. The van der Waals surface area contributed by atoms with Crippen LogP contribution in [0.3, 0.4) is 0 Å². The number of hydrazone groups is 1. The van der Waals surface area contributed by atoms with Crippen LogP contribution in [0.1, 0.15) is 18.4 Å². The Balaban J connectivity index is 1.57. The van der Waals surface area contributed by atoms with E-state index in [1.165, 1.54) is 5.69 Å². The number of hydrogen-bond donors (Lipinski definition) is 2. The van der Waals surface area contributed by atoms with Crippen molar-refractivity contribution in [2.75, 3.05) is 23.4 Å². The van der Waals surface area contributed by atoms with Crippen LogP contribution in [0.4, 0.5) is 11.4 Å². The number of aliphatic hydroxyl groups is 1. The second-order valence-electron chi connectivity index (χ2n) is 5.55. The maximum absolute atomic E-state index is 9.56. The molecule has 1 aliphatic heterocycles. The fourth-order valence-electron chi connectivity index (χ4n) is 2.59. The van der Waals surface area contributed by atoms with Crippen molar-refractivity contribution in [1.82, 2.24) is 0 Å². The van der Waals surface area contributed by atoms with Gasteiger partial charge >= 0.3 is 0 Å². The molecule has 2 N–H and O–H groups in total. The SMILES string of the molecule is OC1CCN(c2ccc(C=NNc3ccccc3)cc2)CC1. The first-order valence-electron chi connectivity index (χ1n) is 7.68. The van der Waals surface area contributed by atoms with E-state index in [-0.39, 0.29) is 6.10 Å². The molecule has 4 nitrogen and oxygen atoms in total. The number of nitrogens with one attached hydrogen (secondary N) is 1. The van der Waals surface area contributed by atoms with Gasteiger partial charge < -0.3 is 10.0 Å². The van der Waals surface area contributed by atoms with E-state index in [1.54, 1.807) is 0 Å². The molecule has 1 heterocycles. The van der Waals surface area contributed by atoms with Gasteiger partial charge in [-0.25, -0.2) is 0 Å². The Labute approximate surface area is 131 Å². The first kappa shape index (κ1) is 14.6. The zero-order valence-electron chi connectivity index (χ0n) is 12.5. The molecule has 0 unspecified atom stereocenters. The highest BCUT2D eigenvalue weighted by Crippen LogP contribution is 2.20. The lowest BCUT2D eigenvalue weighted by molar-refractivity contribution is 0.145. The summed E-state index contributed by atoms with van der Waals surface area (Å²) in [7, 11) is 0. The van der Waals surface area contributed by atoms with Gasteiger partial charge in [0.15, 0.2) is 0 Å². The van der Waals surface area contributed by atoms with E-state index in [2.05, 4.69) is 39.7 Å². The number of nitrogens with zero attached hydrogens (tertiary/aromatic N) is 2. The summed E-state index contributed by atoms with van der Waals surface area (Å²) in [5.74, 6) is 0. The predicted octanol–water partition coefficient (Wildman–Crippen LogP) is 3.09. The standard InChI is InChI=1S/C18H21N3O/c22-18-10-12-21(13-11-18)17-8-6-15(7-9-17)14-19-20-16-4-2-1-3-5-16/h1-9,14,18,20,22H,10-13H2. The quantitative estimate of drug-likeness (QED) is 0.673. The summed E-state index contributed by atoms with van der Waals surface area (Å²) in [4.78, 5) is 2.32. The predicted molar refractivity (Wildman–Crippen MR) is 91.6 cm³/mol. The van der Waals surface area contributed by atoms with Crippen molar-refractivity contribution in [2.45, 2.75) is 18.9 Å². The van der Waals surface area contributed by atoms with Gasteiger partial charge in [0.1, 0.15) is 0 Å². The summed E-state index contributed by atoms with van der Waals surface area (Å²) >= 11 is 0. The van der Waals surface area contributed by atoms with Crippen LogP contribution < -0.4 is 10.3 Å². The second-order valence-corrected chi connectivity index (χ2v) is 5.55. The zero-order chi connectivity index (χ0) is 15.2. The number of rotatable bonds is 4. The summed E-state index contributed by atoms with van der Waals surface area (Å²) in [5.41, 5.74) is 6.25. The van der Waals surface area contributed by atoms with E-state index in [4.69, 9.17) is 0 Å². The average molecular weight is 295 g/mol. The van der Waals surface area contributed by atoms with E-state index >= 15 is 0 Å². The second kappa shape index (κ2) is 7.09. The molecular weight excluding hydrogens is 274 g/mol. The van der Waals surface area contributed by atoms with Crippen LogP contribution in [0, 0.1) is 0 Å². The first-order chi connectivity index (χ1) is 10.8. The topological polar surface area (TPSA) is 47.9 Å². The number of hydrogen-bond acceptors (Lipinski definition) is 4. The molecule has 1 saturated heterocycles. The Morgan fingerprint density at radius 3 is 2.36 bits per heavy atom. The molecule has 3 rings (SSSR count). The van der Waals surface area contributed by atoms with Crippen molar-refractivity contribution in [2.24, 2.45) is 5.10 Å². The summed E-state index contributed by atoms with van der Waals surface area (Å²) in [6.07, 6.45) is 3.39. The highest BCUT2D eigenvalue weighted by molar-refractivity contribution is 5.81. The molecule has 0 saturated carbocycles. The highest BCUT2D eigenvalue weighted by atomic mass is 16.3. The van der Waals surface area contributed by atoms with E-state index in [1.807, 2.05) is 36.5 Å². The van der Waals surface area contributed by atoms with E-state index < -0.39 is 0 Å². The molecule has 1 fully saturated rings. The van der Waals surface area contributed by atoms with Gasteiger partial charge in [0.05, 0.1) is 18.0 Å². The molecule has 4 heteroatoms. The molecule has 0 atom stereocenters. The fraction of sp³-hybridized carbons (Fsp3) is 0.278. The first-order valence-corrected chi connectivity index (χ1v) is 7.68. The van der Waals surface area contributed by atoms with Gasteiger partial charge in [0.2, 0.25) is 0 Å². The Hall–Kier alpha value is -2.33. The van der Waals surface area contributed by atoms with E-state index in [0.29, 0.717) is 0 Å². The minimum absolute atomic E-state index is 0.133. The van der Waals surface area contributed by atoms with Crippen molar-refractivity contribution < 1.29 is 5.11 Å². The van der Waals surface area contributed by atoms with Crippen LogP contribution >= 0.6 is 0 Å².